The van der Waals surface area contributed by atoms with Gasteiger partial charge in [-0.3, -0.25) is 4.79 Å². The quantitative estimate of drug-likeness (QED) is 0.392. The van der Waals surface area contributed by atoms with Crippen LogP contribution in [0.4, 0.5) is 0 Å². The van der Waals surface area contributed by atoms with Gasteiger partial charge in [-0.15, -0.1) is 0 Å². The number of hydrogen-bond acceptors (Lipinski definition) is 2. The van der Waals surface area contributed by atoms with Crippen LogP contribution in [-0.4, -0.2) is 23.1 Å². The Bertz CT molecular complexity index is 207. The van der Waals surface area contributed by atoms with Crippen molar-refractivity contribution in [3.63, 3.8) is 0 Å². The van der Waals surface area contributed by atoms with Crippen molar-refractivity contribution in [1.29, 1.82) is 0 Å². The first kappa shape index (κ1) is 8.83. The number of carboxylic acids is 1. The summed E-state index contributed by atoms with van der Waals surface area (Å²) in [6.07, 6.45) is 2.10. The van der Waals surface area contributed by atoms with Gasteiger partial charge in [-0.25, -0.2) is 4.99 Å². The standard InChI is InChI=1S/C7H13N3O2/c8-7(9)10-5(3-6(11)12)4-1-2-4/h4-5H,1-3H2,(H,11,12)(H4,8,9,10). The topological polar surface area (TPSA) is 102 Å². The highest BCUT2D eigenvalue weighted by Gasteiger charge is 2.32. The van der Waals surface area contributed by atoms with E-state index in [0.717, 1.165) is 12.8 Å². The first-order valence-electron chi connectivity index (χ1n) is 3.90. The molecule has 1 unspecified atom stereocenters. The van der Waals surface area contributed by atoms with E-state index in [0.29, 0.717) is 5.92 Å². The van der Waals surface area contributed by atoms with Crippen molar-refractivity contribution >= 4 is 11.9 Å². The summed E-state index contributed by atoms with van der Waals surface area (Å²) in [4.78, 5) is 14.2. The highest BCUT2D eigenvalue weighted by molar-refractivity contribution is 5.76. The number of aliphatic carboxylic acids is 1. The van der Waals surface area contributed by atoms with Crippen molar-refractivity contribution in [1.82, 2.24) is 0 Å². The molecular weight excluding hydrogens is 158 g/mol. The van der Waals surface area contributed by atoms with E-state index in [1.54, 1.807) is 0 Å². The van der Waals surface area contributed by atoms with Crippen molar-refractivity contribution < 1.29 is 9.90 Å². The van der Waals surface area contributed by atoms with Crippen LogP contribution in [0.3, 0.4) is 0 Å². The Balaban J connectivity index is 2.49. The molecule has 0 heterocycles. The maximum absolute atomic E-state index is 10.4. The second-order valence-electron chi connectivity index (χ2n) is 3.06. The Morgan fingerprint density at radius 3 is 2.50 bits per heavy atom. The Hall–Kier alpha value is -1.26. The number of carbonyl (C=O) groups is 1. The van der Waals surface area contributed by atoms with Gasteiger partial charge in [0.2, 0.25) is 0 Å². The van der Waals surface area contributed by atoms with Crippen LogP contribution in [0.1, 0.15) is 19.3 Å². The Morgan fingerprint density at radius 2 is 2.17 bits per heavy atom. The predicted octanol–water partition coefficient (Wildman–Crippen LogP) is -0.487. The molecule has 5 N–H and O–H groups in total. The van der Waals surface area contributed by atoms with Gasteiger partial charge in [-0.05, 0) is 18.8 Å². The van der Waals surface area contributed by atoms with Crippen LogP contribution in [-0.2, 0) is 4.79 Å². The second-order valence-corrected chi connectivity index (χ2v) is 3.06. The zero-order valence-corrected chi connectivity index (χ0v) is 6.73. The Kier molecular flexibility index (Phi) is 2.52. The molecule has 0 bridgehead atoms. The average molecular weight is 171 g/mol. The van der Waals surface area contributed by atoms with Crippen molar-refractivity contribution in [3.8, 4) is 0 Å². The molecule has 5 heteroatoms. The van der Waals surface area contributed by atoms with E-state index < -0.39 is 5.97 Å². The van der Waals surface area contributed by atoms with Crippen LogP contribution in [0.5, 0.6) is 0 Å². The van der Waals surface area contributed by atoms with E-state index in [-0.39, 0.29) is 18.4 Å². The molecule has 1 fully saturated rings. The number of carboxylic acid groups (broad SMARTS) is 1. The van der Waals surface area contributed by atoms with Crippen LogP contribution in [0, 0.1) is 5.92 Å². The number of nitrogens with zero attached hydrogens (tertiary/aromatic N) is 1. The molecule has 0 aromatic carbocycles. The summed E-state index contributed by atoms with van der Waals surface area (Å²) in [5.74, 6) is -0.492. The second kappa shape index (κ2) is 3.42. The minimum atomic E-state index is -0.850. The van der Waals surface area contributed by atoms with E-state index in [4.69, 9.17) is 16.6 Å². The number of aliphatic imine (C=N–C) groups is 1. The van der Waals surface area contributed by atoms with E-state index in [1.807, 2.05) is 0 Å². The first-order valence-corrected chi connectivity index (χ1v) is 3.90. The number of guanidine groups is 1. The molecule has 0 spiro atoms. The molecule has 1 rings (SSSR count). The van der Waals surface area contributed by atoms with Crippen molar-refractivity contribution in [2.75, 3.05) is 0 Å². The largest absolute Gasteiger partial charge is 0.481 e. The predicted molar refractivity (Wildman–Crippen MR) is 44.6 cm³/mol. The lowest BCUT2D eigenvalue weighted by molar-refractivity contribution is -0.137. The van der Waals surface area contributed by atoms with Gasteiger partial charge in [0.05, 0.1) is 12.5 Å². The molecule has 1 aliphatic carbocycles. The molecule has 0 aliphatic heterocycles. The van der Waals surface area contributed by atoms with E-state index >= 15 is 0 Å². The molecule has 0 aromatic heterocycles. The van der Waals surface area contributed by atoms with Gasteiger partial charge in [-0.1, -0.05) is 0 Å². The van der Waals surface area contributed by atoms with Crippen LogP contribution in [0.25, 0.3) is 0 Å². The highest BCUT2D eigenvalue weighted by Crippen LogP contribution is 2.35. The monoisotopic (exact) mass is 171 g/mol. The average Bonchev–Trinajstić information content (AvgIpc) is 2.63. The lowest BCUT2D eigenvalue weighted by Gasteiger charge is -2.07. The molecule has 0 saturated heterocycles. The molecule has 68 valence electrons. The fourth-order valence-electron chi connectivity index (χ4n) is 1.17. The van der Waals surface area contributed by atoms with Gasteiger partial charge < -0.3 is 16.6 Å². The van der Waals surface area contributed by atoms with Gasteiger partial charge in [0.15, 0.2) is 5.96 Å². The molecule has 1 atom stereocenters. The third-order valence-electron chi connectivity index (χ3n) is 1.86. The van der Waals surface area contributed by atoms with Crippen molar-refractivity contribution in [2.45, 2.75) is 25.3 Å². The van der Waals surface area contributed by atoms with E-state index in [1.165, 1.54) is 0 Å². The zero-order valence-electron chi connectivity index (χ0n) is 6.73. The zero-order chi connectivity index (χ0) is 9.14. The van der Waals surface area contributed by atoms with Crippen molar-refractivity contribution in [2.24, 2.45) is 22.4 Å². The van der Waals surface area contributed by atoms with Gasteiger partial charge in [-0.2, -0.15) is 0 Å². The molecular formula is C7H13N3O2. The minimum absolute atomic E-state index is 0.0202. The summed E-state index contributed by atoms with van der Waals surface area (Å²) in [5, 5.41) is 8.52. The van der Waals surface area contributed by atoms with Gasteiger partial charge >= 0.3 is 5.97 Å². The maximum Gasteiger partial charge on any atom is 0.305 e. The molecule has 0 radical (unpaired) electrons. The summed E-state index contributed by atoms with van der Waals surface area (Å²) < 4.78 is 0. The van der Waals surface area contributed by atoms with Crippen LogP contribution in [0.15, 0.2) is 4.99 Å². The fraction of sp³-hybridized carbons (Fsp3) is 0.714. The van der Waals surface area contributed by atoms with Gasteiger partial charge in [0, 0.05) is 0 Å². The summed E-state index contributed by atoms with van der Waals surface area (Å²) in [7, 11) is 0. The summed E-state index contributed by atoms with van der Waals surface area (Å²) in [6.45, 7) is 0. The third kappa shape index (κ3) is 2.77. The fourth-order valence-corrected chi connectivity index (χ4v) is 1.17. The summed E-state index contributed by atoms with van der Waals surface area (Å²) >= 11 is 0. The molecule has 1 saturated carbocycles. The van der Waals surface area contributed by atoms with E-state index in [9.17, 15) is 4.79 Å². The Labute approximate surface area is 70.5 Å². The number of nitrogens with two attached hydrogens (primary N) is 2. The van der Waals surface area contributed by atoms with Gasteiger partial charge in [0.25, 0.3) is 0 Å². The van der Waals surface area contributed by atoms with E-state index in [2.05, 4.69) is 4.99 Å². The maximum atomic E-state index is 10.4. The van der Waals surface area contributed by atoms with Crippen LogP contribution < -0.4 is 11.5 Å². The lowest BCUT2D eigenvalue weighted by atomic mass is 10.1. The molecule has 1 aliphatic rings. The van der Waals surface area contributed by atoms with Crippen molar-refractivity contribution in [3.05, 3.63) is 0 Å². The highest BCUT2D eigenvalue weighted by atomic mass is 16.4. The molecule has 5 nitrogen and oxygen atoms in total. The van der Waals surface area contributed by atoms with Crippen LogP contribution >= 0.6 is 0 Å². The molecule has 12 heavy (non-hydrogen) atoms. The SMILES string of the molecule is NC(N)=NC(CC(=O)O)C1CC1. The Morgan fingerprint density at radius 1 is 1.58 bits per heavy atom. The number of hydrogen-bond donors (Lipinski definition) is 3. The third-order valence-corrected chi connectivity index (χ3v) is 1.86. The smallest absolute Gasteiger partial charge is 0.305 e. The summed E-state index contributed by atoms with van der Waals surface area (Å²) in [6, 6.07) is -0.215. The minimum Gasteiger partial charge on any atom is -0.481 e. The van der Waals surface area contributed by atoms with Crippen LogP contribution in [0.2, 0.25) is 0 Å². The number of rotatable bonds is 4. The molecule has 0 aromatic rings. The summed E-state index contributed by atoms with van der Waals surface area (Å²) in [5.41, 5.74) is 10.3. The van der Waals surface area contributed by atoms with Gasteiger partial charge in [0.1, 0.15) is 0 Å². The normalized spacial score (nSPS) is 18.3. The molecule has 0 amide bonds. The lowest BCUT2D eigenvalue weighted by Crippen LogP contribution is -2.27. The first-order chi connectivity index (χ1) is 5.59.